The summed E-state index contributed by atoms with van der Waals surface area (Å²) in [5.74, 6) is 0. The van der Waals surface area contributed by atoms with E-state index in [2.05, 4.69) is 252 Å². The molecule has 1 heterocycles. The molecule has 0 saturated heterocycles. The van der Waals surface area contributed by atoms with E-state index in [-0.39, 0.29) is 0 Å². The molecule has 2 nitrogen and oxygen atoms in total. The van der Waals surface area contributed by atoms with Crippen LogP contribution in [-0.2, 0) is 0 Å². The first-order chi connectivity index (χ1) is 29.8. The zero-order chi connectivity index (χ0) is 39.8. The number of benzene rings is 10. The van der Waals surface area contributed by atoms with Crippen molar-refractivity contribution in [2.75, 3.05) is 4.90 Å². The van der Waals surface area contributed by atoms with Crippen molar-refractivity contribution in [3.8, 4) is 50.2 Å². The maximum Gasteiger partial charge on any atom is 0.0625 e. The first-order valence-corrected chi connectivity index (χ1v) is 20.6. The fraction of sp³-hybridized carbons (Fsp3) is 0. The molecule has 11 rings (SSSR count). The molecule has 0 amide bonds. The number of para-hydroxylation sites is 3. The van der Waals surface area contributed by atoms with Gasteiger partial charge in [-0.05, 0) is 92.7 Å². The second-order valence-electron chi connectivity index (χ2n) is 15.3. The zero-order valence-electron chi connectivity index (χ0n) is 33.0. The van der Waals surface area contributed by atoms with Gasteiger partial charge in [0.25, 0.3) is 0 Å². The van der Waals surface area contributed by atoms with Crippen molar-refractivity contribution in [1.29, 1.82) is 0 Å². The summed E-state index contributed by atoms with van der Waals surface area (Å²) in [5, 5.41) is 4.96. The van der Waals surface area contributed by atoms with E-state index >= 15 is 0 Å². The smallest absolute Gasteiger partial charge is 0.0625 e. The zero-order valence-corrected chi connectivity index (χ0v) is 33.0. The average Bonchev–Trinajstić information content (AvgIpc) is 3.68. The number of anilines is 3. The number of hydrogen-bond acceptors (Lipinski definition) is 1. The van der Waals surface area contributed by atoms with Crippen molar-refractivity contribution in [2.45, 2.75) is 0 Å². The van der Waals surface area contributed by atoms with E-state index in [0.717, 1.165) is 28.3 Å². The molecule has 10 aromatic carbocycles. The normalized spacial score (nSPS) is 11.3. The van der Waals surface area contributed by atoms with E-state index in [1.165, 1.54) is 71.5 Å². The van der Waals surface area contributed by atoms with Crippen LogP contribution in [0.4, 0.5) is 17.1 Å². The molecule has 0 aliphatic heterocycles. The average molecular weight is 765 g/mol. The van der Waals surface area contributed by atoms with Gasteiger partial charge in [0.05, 0.1) is 16.7 Å². The largest absolute Gasteiger partial charge is 0.310 e. The first kappa shape index (κ1) is 35.2. The lowest BCUT2D eigenvalue weighted by Gasteiger charge is -2.28. The molecular formula is C58H40N2. The molecule has 0 fully saturated rings. The van der Waals surface area contributed by atoms with Gasteiger partial charge in [0.1, 0.15) is 0 Å². The Hall–Kier alpha value is -7.94. The number of aromatic nitrogens is 1. The molecule has 0 N–H and O–H groups in total. The van der Waals surface area contributed by atoms with E-state index in [9.17, 15) is 0 Å². The molecule has 0 radical (unpaired) electrons. The molecule has 60 heavy (non-hydrogen) atoms. The minimum atomic E-state index is 1.08. The fourth-order valence-electron chi connectivity index (χ4n) is 9.07. The molecule has 0 spiro atoms. The van der Waals surface area contributed by atoms with Gasteiger partial charge >= 0.3 is 0 Å². The van der Waals surface area contributed by atoms with Crippen LogP contribution in [0.15, 0.2) is 243 Å². The van der Waals surface area contributed by atoms with Crippen molar-refractivity contribution in [1.82, 2.24) is 4.57 Å². The van der Waals surface area contributed by atoms with Crippen LogP contribution in [0.1, 0.15) is 0 Å². The fourth-order valence-corrected chi connectivity index (χ4v) is 9.07. The number of fused-ring (bicyclic) bond motifs is 4. The molecule has 2 heteroatoms. The quantitative estimate of drug-likeness (QED) is 0.150. The van der Waals surface area contributed by atoms with Gasteiger partial charge in [-0.25, -0.2) is 0 Å². The summed E-state index contributed by atoms with van der Waals surface area (Å²) in [6.07, 6.45) is 0. The van der Waals surface area contributed by atoms with E-state index in [1.54, 1.807) is 0 Å². The lowest BCUT2D eigenvalue weighted by atomic mass is 9.94. The third-order valence-corrected chi connectivity index (χ3v) is 11.8. The van der Waals surface area contributed by atoms with E-state index in [1.807, 2.05) is 0 Å². The summed E-state index contributed by atoms with van der Waals surface area (Å²) in [6.45, 7) is 0. The van der Waals surface area contributed by atoms with Crippen molar-refractivity contribution in [3.05, 3.63) is 243 Å². The minimum absolute atomic E-state index is 1.08. The maximum atomic E-state index is 2.44. The number of rotatable bonds is 8. The molecule has 0 unspecified atom stereocenters. The summed E-state index contributed by atoms with van der Waals surface area (Å²) >= 11 is 0. The van der Waals surface area contributed by atoms with Gasteiger partial charge in [-0.15, -0.1) is 0 Å². The highest BCUT2D eigenvalue weighted by Gasteiger charge is 2.22. The van der Waals surface area contributed by atoms with Crippen molar-refractivity contribution in [2.24, 2.45) is 0 Å². The summed E-state index contributed by atoms with van der Waals surface area (Å²) < 4.78 is 2.44. The van der Waals surface area contributed by atoms with Gasteiger partial charge in [-0.2, -0.15) is 0 Å². The Bertz CT molecular complexity index is 3290. The topological polar surface area (TPSA) is 8.17 Å². The molecule has 282 valence electrons. The van der Waals surface area contributed by atoms with Gasteiger partial charge in [0.15, 0.2) is 0 Å². The highest BCUT2D eigenvalue weighted by Crippen LogP contribution is 2.46. The van der Waals surface area contributed by atoms with Gasteiger partial charge in [0.2, 0.25) is 0 Å². The molecule has 0 bridgehead atoms. The van der Waals surface area contributed by atoms with Crippen LogP contribution in [0.2, 0.25) is 0 Å². The Morgan fingerprint density at radius 2 is 0.867 bits per heavy atom. The standard InChI is InChI=1S/C58H40N2/c1-4-18-42(19-5-1)51-29-12-14-32-55(51)59(47-36-34-44(35-37-47)50-31-17-23-41-22-10-11-28-49(41)50)48-27-16-24-45(40-48)52-38-39-53(43-20-6-2-7-21-43)58-57(52)54-30-13-15-33-56(54)60(58)46-25-8-3-9-26-46/h1-40H. The maximum absolute atomic E-state index is 2.44. The molecule has 11 aromatic rings. The molecule has 1 aromatic heterocycles. The van der Waals surface area contributed by atoms with Gasteiger partial charge < -0.3 is 9.47 Å². The van der Waals surface area contributed by atoms with Crippen LogP contribution < -0.4 is 4.90 Å². The Balaban J connectivity index is 1.13. The Labute approximate surface area is 350 Å². The van der Waals surface area contributed by atoms with Crippen LogP contribution in [-0.4, -0.2) is 4.57 Å². The highest BCUT2D eigenvalue weighted by atomic mass is 15.1. The highest BCUT2D eigenvalue weighted by molar-refractivity contribution is 6.19. The second kappa shape index (κ2) is 15.1. The van der Waals surface area contributed by atoms with Crippen LogP contribution in [0.25, 0.3) is 82.8 Å². The Morgan fingerprint density at radius 3 is 1.65 bits per heavy atom. The Morgan fingerprint density at radius 1 is 0.317 bits per heavy atom. The lowest BCUT2D eigenvalue weighted by molar-refractivity contribution is 1.18. The number of nitrogens with zero attached hydrogens (tertiary/aromatic N) is 2. The Kier molecular flexibility index (Phi) is 8.87. The summed E-state index contributed by atoms with van der Waals surface area (Å²) in [7, 11) is 0. The second-order valence-corrected chi connectivity index (χ2v) is 15.3. The third-order valence-electron chi connectivity index (χ3n) is 11.8. The van der Waals surface area contributed by atoms with Crippen LogP contribution in [0, 0.1) is 0 Å². The predicted octanol–water partition coefficient (Wildman–Crippen LogP) is 16.1. The number of hydrogen-bond donors (Lipinski definition) is 0. The summed E-state index contributed by atoms with van der Waals surface area (Å²) in [4.78, 5) is 2.42. The van der Waals surface area contributed by atoms with Gasteiger partial charge in [0, 0.05) is 39.0 Å². The molecule has 0 aliphatic carbocycles. The summed E-state index contributed by atoms with van der Waals surface area (Å²) in [6, 6.07) is 87.8. The molecule has 0 saturated carbocycles. The van der Waals surface area contributed by atoms with Gasteiger partial charge in [-0.3, -0.25) is 0 Å². The lowest BCUT2D eigenvalue weighted by Crippen LogP contribution is -2.11. The van der Waals surface area contributed by atoms with Crippen LogP contribution in [0.3, 0.4) is 0 Å². The van der Waals surface area contributed by atoms with Crippen molar-refractivity contribution < 1.29 is 0 Å². The SMILES string of the molecule is c1ccc(-c2ccccc2N(c2ccc(-c3cccc4ccccc34)cc2)c2cccc(-c3ccc(-c4ccccc4)c4c3c3ccccc3n4-c3ccccc3)c2)cc1. The third kappa shape index (κ3) is 6.14. The van der Waals surface area contributed by atoms with E-state index in [4.69, 9.17) is 0 Å². The van der Waals surface area contributed by atoms with Crippen LogP contribution >= 0.6 is 0 Å². The molecular weight excluding hydrogens is 725 g/mol. The van der Waals surface area contributed by atoms with Crippen molar-refractivity contribution in [3.63, 3.8) is 0 Å². The van der Waals surface area contributed by atoms with E-state index in [0.29, 0.717) is 0 Å². The van der Waals surface area contributed by atoms with E-state index < -0.39 is 0 Å². The first-order valence-electron chi connectivity index (χ1n) is 20.6. The van der Waals surface area contributed by atoms with Crippen LogP contribution in [0.5, 0.6) is 0 Å². The molecule has 0 aliphatic rings. The predicted molar refractivity (Wildman–Crippen MR) is 255 cm³/mol. The van der Waals surface area contributed by atoms with Gasteiger partial charge in [-0.1, -0.05) is 194 Å². The minimum Gasteiger partial charge on any atom is -0.310 e. The monoisotopic (exact) mass is 764 g/mol. The van der Waals surface area contributed by atoms with Crippen molar-refractivity contribution >= 4 is 49.6 Å². The summed E-state index contributed by atoms with van der Waals surface area (Å²) in [5.41, 5.74) is 16.3. The molecule has 0 atom stereocenters.